The number of carbonyl (C=O) groups is 2. The molecule has 24 heavy (non-hydrogen) atoms. The van der Waals surface area contributed by atoms with E-state index >= 15 is 0 Å². The summed E-state index contributed by atoms with van der Waals surface area (Å²) in [4.78, 5) is 23.7. The van der Waals surface area contributed by atoms with Crippen LogP contribution in [0.5, 0.6) is 0 Å². The second-order valence-electron chi connectivity index (χ2n) is 6.43. The van der Waals surface area contributed by atoms with Crippen LogP contribution in [0.25, 0.3) is 0 Å². The van der Waals surface area contributed by atoms with Crippen molar-refractivity contribution in [2.45, 2.75) is 39.7 Å². The first-order valence-corrected chi connectivity index (χ1v) is 9.65. The number of nitrogens with zero attached hydrogens (tertiary/aromatic N) is 2. The van der Waals surface area contributed by atoms with Gasteiger partial charge in [0.25, 0.3) is 0 Å². The quantitative estimate of drug-likeness (QED) is 0.787. The predicted molar refractivity (Wildman–Crippen MR) is 91.1 cm³/mol. The SMILES string of the molecule is CCn1nc(C(C)(C)C)cc1C(=O)[AsH]c1cc(C(=O)O)ccc1F. The van der Waals surface area contributed by atoms with Gasteiger partial charge in [-0.25, -0.2) is 0 Å². The first-order valence-electron chi connectivity index (χ1n) is 7.56. The summed E-state index contributed by atoms with van der Waals surface area (Å²) < 4.78 is 15.6. The number of halogens is 1. The molecule has 1 unspecified atom stereocenters. The molecule has 0 bridgehead atoms. The molecule has 0 aliphatic heterocycles. The second-order valence-corrected chi connectivity index (χ2v) is 9.04. The molecule has 1 aromatic heterocycles. The van der Waals surface area contributed by atoms with Crippen molar-refractivity contribution in [3.63, 3.8) is 0 Å². The molecule has 2 aromatic rings. The molecule has 2 rings (SSSR count). The summed E-state index contributed by atoms with van der Waals surface area (Å²) in [7, 11) is 0. The fourth-order valence-corrected chi connectivity index (χ4v) is 4.25. The third-order valence-electron chi connectivity index (χ3n) is 3.54. The molecule has 0 radical (unpaired) electrons. The van der Waals surface area contributed by atoms with Crippen LogP contribution < -0.4 is 4.35 Å². The topological polar surface area (TPSA) is 72.2 Å². The molecule has 0 aliphatic rings. The third kappa shape index (κ3) is 3.93. The van der Waals surface area contributed by atoms with Crippen molar-refractivity contribution in [1.29, 1.82) is 0 Å². The Balaban J connectivity index is 2.35. The zero-order valence-electron chi connectivity index (χ0n) is 14.1. The number of carboxylic acid groups (broad SMARTS) is 1. The van der Waals surface area contributed by atoms with Gasteiger partial charge in [0, 0.05) is 0 Å². The van der Waals surface area contributed by atoms with Gasteiger partial charge in [-0.2, -0.15) is 0 Å². The van der Waals surface area contributed by atoms with Crippen LogP contribution in [-0.4, -0.2) is 41.2 Å². The van der Waals surface area contributed by atoms with E-state index in [0.717, 1.165) is 11.8 Å². The molecule has 0 aliphatic carbocycles. The van der Waals surface area contributed by atoms with Gasteiger partial charge < -0.3 is 0 Å². The molecule has 1 heterocycles. The van der Waals surface area contributed by atoms with Crippen LogP contribution in [0, 0.1) is 5.82 Å². The van der Waals surface area contributed by atoms with E-state index in [9.17, 15) is 14.0 Å². The molecule has 0 saturated carbocycles. The first-order chi connectivity index (χ1) is 11.1. The van der Waals surface area contributed by atoms with Gasteiger partial charge in [-0.05, 0) is 0 Å². The fraction of sp³-hybridized carbons (Fsp3) is 0.353. The van der Waals surface area contributed by atoms with E-state index in [-0.39, 0.29) is 19.9 Å². The Bertz CT molecular complexity index is 794. The van der Waals surface area contributed by atoms with Crippen LogP contribution in [0.1, 0.15) is 54.2 Å². The molecule has 1 N–H and O–H groups in total. The van der Waals surface area contributed by atoms with E-state index in [0.29, 0.717) is 12.2 Å². The van der Waals surface area contributed by atoms with Crippen LogP contribution in [0.4, 0.5) is 4.39 Å². The summed E-state index contributed by atoms with van der Waals surface area (Å²) in [6.45, 7) is 8.46. The van der Waals surface area contributed by atoms with Crippen LogP contribution in [0.3, 0.4) is 0 Å². The van der Waals surface area contributed by atoms with E-state index in [1.165, 1.54) is 12.1 Å². The van der Waals surface area contributed by atoms with E-state index in [4.69, 9.17) is 5.11 Å². The maximum atomic E-state index is 13.9. The van der Waals surface area contributed by atoms with Gasteiger partial charge in [0.15, 0.2) is 0 Å². The average Bonchev–Trinajstić information content (AvgIpc) is 2.93. The Morgan fingerprint density at radius 3 is 2.50 bits per heavy atom. The molecule has 0 amide bonds. The van der Waals surface area contributed by atoms with Crippen LogP contribution in [-0.2, 0) is 12.0 Å². The predicted octanol–water partition coefficient (Wildman–Crippen LogP) is 1.94. The number of aromatic carboxylic acids is 1. The van der Waals surface area contributed by atoms with Gasteiger partial charge in [0.1, 0.15) is 0 Å². The molecule has 0 fully saturated rings. The number of rotatable bonds is 5. The van der Waals surface area contributed by atoms with Gasteiger partial charge >= 0.3 is 146 Å². The minimum atomic E-state index is -1.52. The number of aromatic nitrogens is 2. The molecular formula is C17H20AsFN2O3. The van der Waals surface area contributed by atoms with E-state index in [1.807, 2.05) is 27.7 Å². The van der Waals surface area contributed by atoms with Gasteiger partial charge in [0.2, 0.25) is 0 Å². The Labute approximate surface area is 146 Å². The summed E-state index contributed by atoms with van der Waals surface area (Å²) in [5.41, 5.74) is 1.06. The fourth-order valence-electron chi connectivity index (χ4n) is 2.15. The second kappa shape index (κ2) is 6.89. The van der Waals surface area contributed by atoms with Crippen molar-refractivity contribution in [3.8, 4) is 0 Å². The van der Waals surface area contributed by atoms with Crippen molar-refractivity contribution >= 4 is 30.6 Å². The molecule has 1 atom stereocenters. The number of carboxylic acids is 1. The van der Waals surface area contributed by atoms with Crippen molar-refractivity contribution in [2.75, 3.05) is 0 Å². The van der Waals surface area contributed by atoms with Crippen LogP contribution in [0.2, 0.25) is 0 Å². The molecule has 128 valence electrons. The molecule has 7 heteroatoms. The van der Waals surface area contributed by atoms with Crippen molar-refractivity contribution in [2.24, 2.45) is 0 Å². The summed E-state index contributed by atoms with van der Waals surface area (Å²) in [6, 6.07) is 5.32. The summed E-state index contributed by atoms with van der Waals surface area (Å²) in [5, 5.41) is 13.5. The monoisotopic (exact) mass is 394 g/mol. The number of benzene rings is 1. The number of hydrogen-bond donors (Lipinski definition) is 1. The molecular weight excluding hydrogens is 374 g/mol. The summed E-state index contributed by atoms with van der Waals surface area (Å²) in [6.07, 6.45) is 0. The first kappa shape index (κ1) is 18.4. The van der Waals surface area contributed by atoms with Gasteiger partial charge in [0.05, 0.1) is 0 Å². The van der Waals surface area contributed by atoms with E-state index in [1.54, 1.807) is 10.7 Å². The van der Waals surface area contributed by atoms with Crippen LogP contribution >= 0.6 is 0 Å². The molecule has 1 aromatic carbocycles. The summed E-state index contributed by atoms with van der Waals surface area (Å²) in [5.74, 6) is -1.67. The molecule has 0 spiro atoms. The van der Waals surface area contributed by atoms with E-state index < -0.39 is 27.5 Å². The minimum absolute atomic E-state index is 0.0117. The van der Waals surface area contributed by atoms with Gasteiger partial charge in [-0.15, -0.1) is 0 Å². The van der Waals surface area contributed by atoms with Crippen molar-refractivity contribution in [3.05, 3.63) is 47.0 Å². The number of hydrogen-bond acceptors (Lipinski definition) is 3. The Morgan fingerprint density at radius 2 is 1.96 bits per heavy atom. The zero-order chi connectivity index (χ0) is 18.1. The molecule has 0 saturated heterocycles. The number of carbonyl (C=O) groups excluding carboxylic acids is 1. The maximum absolute atomic E-state index is 13.9. The van der Waals surface area contributed by atoms with Crippen molar-refractivity contribution < 1.29 is 19.1 Å². The zero-order valence-corrected chi connectivity index (χ0v) is 16.2. The number of aryl methyl sites for hydroxylation is 1. The summed E-state index contributed by atoms with van der Waals surface area (Å²) >= 11 is -1.52. The van der Waals surface area contributed by atoms with Crippen molar-refractivity contribution in [1.82, 2.24) is 9.78 Å². The van der Waals surface area contributed by atoms with Gasteiger partial charge in [-0.3, -0.25) is 0 Å². The Kier molecular flexibility index (Phi) is 5.28. The molecule has 5 nitrogen and oxygen atoms in total. The normalized spacial score (nSPS) is 12.0. The average molecular weight is 394 g/mol. The Hall–Kier alpha value is -1.94. The van der Waals surface area contributed by atoms with Gasteiger partial charge in [-0.1, -0.05) is 0 Å². The third-order valence-corrected chi connectivity index (χ3v) is 5.92. The van der Waals surface area contributed by atoms with Crippen LogP contribution in [0.15, 0.2) is 24.3 Å². The Morgan fingerprint density at radius 1 is 1.29 bits per heavy atom. The standard InChI is InChI=1S/C17H20AsFN2O3/c1-5-21-13(9-14(20-21)17(2,3)4)15(22)18-11-8-10(16(23)24)6-7-12(11)19/h6-9,18H,5H2,1-4H3,(H,23,24). The van der Waals surface area contributed by atoms with E-state index in [2.05, 4.69) is 5.10 Å².